The summed E-state index contributed by atoms with van der Waals surface area (Å²) in [6.07, 6.45) is 1.25. The van der Waals surface area contributed by atoms with Crippen LogP contribution in [0.2, 0.25) is 0 Å². The third kappa shape index (κ3) is 4.66. The van der Waals surface area contributed by atoms with E-state index in [1.807, 2.05) is 4.90 Å². The summed E-state index contributed by atoms with van der Waals surface area (Å²) in [5.74, 6) is 0. The summed E-state index contributed by atoms with van der Waals surface area (Å²) >= 11 is 5.38. The lowest BCUT2D eigenvalue weighted by Crippen LogP contribution is -2.52. The van der Waals surface area contributed by atoms with Gasteiger partial charge in [0.15, 0.2) is 5.11 Å². The van der Waals surface area contributed by atoms with Crippen molar-refractivity contribution < 1.29 is 8.42 Å². The molecule has 0 radical (unpaired) electrons. The van der Waals surface area contributed by atoms with Gasteiger partial charge in [-0.15, -0.1) is 0 Å². The number of nitrogens with one attached hydrogen (secondary N) is 1. The molecule has 2 rings (SSSR count). The Labute approximate surface area is 132 Å². The third-order valence-electron chi connectivity index (χ3n) is 3.56. The maximum absolute atomic E-state index is 11.5. The van der Waals surface area contributed by atoms with E-state index in [4.69, 9.17) is 12.2 Å². The van der Waals surface area contributed by atoms with Gasteiger partial charge in [-0.2, -0.15) is 4.31 Å². The van der Waals surface area contributed by atoms with Crippen molar-refractivity contribution in [3.63, 3.8) is 0 Å². The van der Waals surface area contributed by atoms with E-state index in [-0.39, 0.29) is 0 Å². The SMILES string of the molecule is Cc1ccc(CNC(=S)N2CCN(S(C)(=O)=O)CC2)cc1. The van der Waals surface area contributed by atoms with Crippen molar-refractivity contribution in [2.75, 3.05) is 32.4 Å². The van der Waals surface area contributed by atoms with Crippen LogP contribution in [0.25, 0.3) is 0 Å². The van der Waals surface area contributed by atoms with Crippen molar-refractivity contribution in [3.05, 3.63) is 35.4 Å². The summed E-state index contributed by atoms with van der Waals surface area (Å²) in [5.41, 5.74) is 2.41. The fourth-order valence-electron chi connectivity index (χ4n) is 2.22. The van der Waals surface area contributed by atoms with Crippen molar-refractivity contribution in [2.45, 2.75) is 13.5 Å². The number of hydrogen-bond acceptors (Lipinski definition) is 3. The van der Waals surface area contributed by atoms with E-state index in [0.717, 1.165) is 0 Å². The number of sulfonamides is 1. The summed E-state index contributed by atoms with van der Waals surface area (Å²) < 4.78 is 24.4. The Morgan fingerprint density at radius 1 is 1.19 bits per heavy atom. The second-order valence-corrected chi connectivity index (χ2v) is 7.66. The number of nitrogens with zero attached hydrogens (tertiary/aromatic N) is 2. The van der Waals surface area contributed by atoms with Crippen molar-refractivity contribution in [1.82, 2.24) is 14.5 Å². The molecule has 21 heavy (non-hydrogen) atoms. The van der Waals surface area contributed by atoms with Gasteiger partial charge >= 0.3 is 0 Å². The predicted molar refractivity (Wildman–Crippen MR) is 88.6 cm³/mol. The van der Waals surface area contributed by atoms with Crippen LogP contribution in [0.3, 0.4) is 0 Å². The molecule has 1 heterocycles. The first-order valence-electron chi connectivity index (χ1n) is 6.90. The minimum absolute atomic E-state index is 0.491. The molecule has 0 amide bonds. The fourth-order valence-corrected chi connectivity index (χ4v) is 3.30. The highest BCUT2D eigenvalue weighted by molar-refractivity contribution is 7.88. The predicted octanol–water partition coefficient (Wildman–Crippen LogP) is 0.947. The number of piperazine rings is 1. The van der Waals surface area contributed by atoms with Gasteiger partial charge in [0.05, 0.1) is 6.26 Å². The number of aryl methyl sites for hydroxylation is 1. The molecule has 0 spiro atoms. The molecule has 1 aliphatic heterocycles. The molecule has 0 bridgehead atoms. The zero-order chi connectivity index (χ0) is 15.5. The van der Waals surface area contributed by atoms with Crippen LogP contribution < -0.4 is 5.32 Å². The maximum Gasteiger partial charge on any atom is 0.211 e. The zero-order valence-electron chi connectivity index (χ0n) is 12.4. The van der Waals surface area contributed by atoms with E-state index in [0.29, 0.717) is 37.8 Å². The van der Waals surface area contributed by atoms with E-state index in [9.17, 15) is 8.42 Å². The summed E-state index contributed by atoms with van der Waals surface area (Å²) in [6.45, 7) is 4.99. The van der Waals surface area contributed by atoms with Gasteiger partial charge in [0, 0.05) is 32.7 Å². The molecular formula is C14H21N3O2S2. The van der Waals surface area contributed by atoms with Gasteiger partial charge in [0.25, 0.3) is 0 Å². The van der Waals surface area contributed by atoms with Gasteiger partial charge < -0.3 is 10.2 Å². The molecule has 0 atom stereocenters. The Morgan fingerprint density at radius 3 is 2.29 bits per heavy atom. The second-order valence-electron chi connectivity index (χ2n) is 5.29. The van der Waals surface area contributed by atoms with Crippen LogP contribution in [0.4, 0.5) is 0 Å². The molecule has 0 aromatic heterocycles. The Balaban J connectivity index is 1.81. The quantitative estimate of drug-likeness (QED) is 0.838. The number of benzene rings is 1. The summed E-state index contributed by atoms with van der Waals surface area (Å²) in [5, 5.41) is 3.92. The molecule has 116 valence electrons. The van der Waals surface area contributed by atoms with E-state index in [1.54, 1.807) is 0 Å². The molecule has 1 N–H and O–H groups in total. The highest BCUT2D eigenvalue weighted by Crippen LogP contribution is 2.07. The van der Waals surface area contributed by atoms with Crippen molar-refractivity contribution in [1.29, 1.82) is 0 Å². The van der Waals surface area contributed by atoms with Gasteiger partial charge in [0.1, 0.15) is 0 Å². The molecule has 0 unspecified atom stereocenters. The summed E-state index contributed by atoms with van der Waals surface area (Å²) in [4.78, 5) is 2.02. The Hall–Kier alpha value is -1.18. The lowest BCUT2D eigenvalue weighted by molar-refractivity contribution is 0.265. The van der Waals surface area contributed by atoms with Crippen LogP contribution in [0.1, 0.15) is 11.1 Å². The lowest BCUT2D eigenvalue weighted by atomic mass is 10.1. The number of hydrogen-bond donors (Lipinski definition) is 1. The number of rotatable bonds is 3. The van der Waals surface area contributed by atoms with Crippen LogP contribution in [-0.4, -0.2) is 55.2 Å². The van der Waals surface area contributed by atoms with Gasteiger partial charge in [-0.1, -0.05) is 29.8 Å². The van der Waals surface area contributed by atoms with Gasteiger partial charge in [-0.25, -0.2) is 8.42 Å². The minimum Gasteiger partial charge on any atom is -0.358 e. The smallest absolute Gasteiger partial charge is 0.211 e. The van der Waals surface area contributed by atoms with E-state index in [2.05, 4.69) is 36.5 Å². The largest absolute Gasteiger partial charge is 0.358 e. The van der Waals surface area contributed by atoms with Crippen LogP contribution in [0, 0.1) is 6.92 Å². The third-order valence-corrected chi connectivity index (χ3v) is 5.26. The average Bonchev–Trinajstić information content (AvgIpc) is 2.45. The molecule has 0 saturated carbocycles. The zero-order valence-corrected chi connectivity index (χ0v) is 14.0. The highest BCUT2D eigenvalue weighted by atomic mass is 32.2. The van der Waals surface area contributed by atoms with Crippen LogP contribution in [0.5, 0.6) is 0 Å². The molecular weight excluding hydrogens is 306 g/mol. The van der Waals surface area contributed by atoms with Crippen LogP contribution in [0.15, 0.2) is 24.3 Å². The van der Waals surface area contributed by atoms with Gasteiger partial charge in [0.2, 0.25) is 10.0 Å². The van der Waals surface area contributed by atoms with Crippen molar-refractivity contribution in [3.8, 4) is 0 Å². The highest BCUT2D eigenvalue weighted by Gasteiger charge is 2.24. The van der Waals surface area contributed by atoms with Gasteiger partial charge in [-0.05, 0) is 24.7 Å². The molecule has 1 saturated heterocycles. The van der Waals surface area contributed by atoms with E-state index in [1.165, 1.54) is 21.7 Å². The molecule has 1 aliphatic rings. The second kappa shape index (κ2) is 6.72. The Bertz CT molecular complexity index is 591. The van der Waals surface area contributed by atoms with Crippen molar-refractivity contribution >= 4 is 27.4 Å². The topological polar surface area (TPSA) is 52.6 Å². The van der Waals surface area contributed by atoms with Gasteiger partial charge in [-0.3, -0.25) is 0 Å². The molecule has 0 aliphatic carbocycles. The average molecular weight is 327 g/mol. The van der Waals surface area contributed by atoms with E-state index < -0.39 is 10.0 Å². The summed E-state index contributed by atoms with van der Waals surface area (Å²) in [6, 6.07) is 8.30. The lowest BCUT2D eigenvalue weighted by Gasteiger charge is -2.34. The normalized spacial score (nSPS) is 16.8. The molecule has 1 aromatic rings. The van der Waals surface area contributed by atoms with Crippen LogP contribution in [-0.2, 0) is 16.6 Å². The molecule has 1 fully saturated rings. The summed E-state index contributed by atoms with van der Waals surface area (Å²) in [7, 11) is -3.09. The monoisotopic (exact) mass is 327 g/mol. The Kier molecular flexibility index (Phi) is 5.18. The standard InChI is InChI=1S/C14H21N3O2S2/c1-12-3-5-13(6-4-12)11-15-14(20)16-7-9-17(10-8-16)21(2,18)19/h3-6H,7-11H2,1-2H3,(H,15,20). The molecule has 5 nitrogen and oxygen atoms in total. The molecule has 7 heteroatoms. The Morgan fingerprint density at radius 2 is 1.76 bits per heavy atom. The number of thiocarbonyl (C=S) groups is 1. The molecule has 1 aromatic carbocycles. The maximum atomic E-state index is 11.5. The first kappa shape index (κ1) is 16.2. The fraction of sp³-hybridized carbons (Fsp3) is 0.500. The first-order chi connectivity index (χ1) is 9.86. The van der Waals surface area contributed by atoms with Crippen LogP contribution >= 0.6 is 12.2 Å². The minimum atomic E-state index is -3.09. The van der Waals surface area contributed by atoms with E-state index >= 15 is 0 Å². The first-order valence-corrected chi connectivity index (χ1v) is 9.15. The van der Waals surface area contributed by atoms with Crippen molar-refractivity contribution in [2.24, 2.45) is 0 Å².